The van der Waals surface area contributed by atoms with Crippen LogP contribution < -0.4 is 15.5 Å². The smallest absolute Gasteiger partial charge is 0.221 e. The second kappa shape index (κ2) is 7.56. The lowest BCUT2D eigenvalue weighted by Crippen LogP contribution is -2.27. The molecule has 0 bridgehead atoms. The molecule has 0 aromatic carbocycles. The van der Waals surface area contributed by atoms with Gasteiger partial charge in [-0.3, -0.25) is 4.79 Å². The summed E-state index contributed by atoms with van der Waals surface area (Å²) < 4.78 is 0. The summed E-state index contributed by atoms with van der Waals surface area (Å²) in [6, 6.07) is 0. The second-order valence-electron chi connectivity index (χ2n) is 4.44. The van der Waals surface area contributed by atoms with Gasteiger partial charge in [-0.1, -0.05) is 6.92 Å². The Bertz CT molecular complexity index is 421. The first-order valence-electron chi connectivity index (χ1n) is 6.57. The zero-order valence-electron chi connectivity index (χ0n) is 12.2. The number of rotatable bonds is 7. The molecule has 0 fully saturated rings. The van der Waals surface area contributed by atoms with E-state index in [2.05, 4.69) is 27.5 Å². The van der Waals surface area contributed by atoms with E-state index in [1.807, 2.05) is 18.9 Å². The Morgan fingerprint density at radius 2 is 2.16 bits per heavy atom. The van der Waals surface area contributed by atoms with Gasteiger partial charge in [0, 0.05) is 39.2 Å². The number of amides is 1. The molecule has 6 nitrogen and oxygen atoms in total. The molecule has 0 aliphatic carbocycles. The van der Waals surface area contributed by atoms with E-state index in [9.17, 15) is 4.79 Å². The normalized spacial score (nSPS) is 10.1. The van der Waals surface area contributed by atoms with Crippen molar-refractivity contribution in [1.82, 2.24) is 15.3 Å². The number of nitrogens with zero attached hydrogens (tertiary/aromatic N) is 3. The first kappa shape index (κ1) is 15.2. The van der Waals surface area contributed by atoms with Crippen LogP contribution in [0.15, 0.2) is 6.33 Å². The maximum absolute atomic E-state index is 11.3. The van der Waals surface area contributed by atoms with Crippen LogP contribution in [-0.2, 0) is 4.79 Å². The molecule has 0 saturated carbocycles. The molecule has 0 aliphatic heterocycles. The van der Waals surface area contributed by atoms with Crippen molar-refractivity contribution in [3.05, 3.63) is 11.9 Å². The van der Waals surface area contributed by atoms with Crippen LogP contribution in [0, 0.1) is 6.92 Å². The summed E-state index contributed by atoms with van der Waals surface area (Å²) in [5, 5.41) is 5.89. The lowest BCUT2D eigenvalue weighted by molar-refractivity contribution is -0.120. The molecule has 2 N–H and O–H groups in total. The molecule has 0 unspecified atom stereocenters. The van der Waals surface area contributed by atoms with E-state index in [0.29, 0.717) is 13.0 Å². The number of nitrogens with one attached hydrogen (secondary N) is 2. The number of carbonyl (C=O) groups is 1. The summed E-state index contributed by atoms with van der Waals surface area (Å²) in [6.45, 7) is 5.62. The fraction of sp³-hybridized carbons (Fsp3) is 0.615. The van der Waals surface area contributed by atoms with Gasteiger partial charge in [-0.25, -0.2) is 9.97 Å². The van der Waals surface area contributed by atoms with Gasteiger partial charge in [0.1, 0.15) is 18.0 Å². The summed E-state index contributed by atoms with van der Waals surface area (Å²) in [4.78, 5) is 21.8. The standard InChI is InChI=1S/C13H23N5O/c1-5-7-15-12-10(2)13(17-9-16-12)18(4)8-6-11(19)14-3/h9H,5-8H2,1-4H3,(H,14,19)(H,15,16,17). The van der Waals surface area contributed by atoms with Crippen molar-refractivity contribution >= 4 is 17.5 Å². The van der Waals surface area contributed by atoms with Gasteiger partial charge >= 0.3 is 0 Å². The van der Waals surface area contributed by atoms with Crippen molar-refractivity contribution in [2.75, 3.05) is 37.4 Å². The summed E-state index contributed by atoms with van der Waals surface area (Å²) >= 11 is 0. The summed E-state index contributed by atoms with van der Waals surface area (Å²) in [5.41, 5.74) is 1.01. The van der Waals surface area contributed by atoms with Crippen LogP contribution in [0.2, 0.25) is 0 Å². The molecule has 1 rings (SSSR count). The first-order chi connectivity index (χ1) is 9.10. The Hall–Kier alpha value is -1.85. The molecule has 106 valence electrons. The predicted molar refractivity (Wildman–Crippen MR) is 77.5 cm³/mol. The van der Waals surface area contributed by atoms with Gasteiger partial charge in [0.15, 0.2) is 0 Å². The molecule has 0 atom stereocenters. The van der Waals surface area contributed by atoms with Crippen molar-refractivity contribution in [2.24, 2.45) is 0 Å². The second-order valence-corrected chi connectivity index (χ2v) is 4.44. The SMILES string of the molecule is CCCNc1ncnc(N(C)CCC(=O)NC)c1C. The van der Waals surface area contributed by atoms with Gasteiger partial charge in [0.2, 0.25) is 5.91 Å². The maximum atomic E-state index is 11.3. The molecule has 19 heavy (non-hydrogen) atoms. The molecule has 0 radical (unpaired) electrons. The Labute approximate surface area is 114 Å². The monoisotopic (exact) mass is 265 g/mol. The Balaban J connectivity index is 2.73. The minimum absolute atomic E-state index is 0.0305. The highest BCUT2D eigenvalue weighted by Crippen LogP contribution is 2.21. The third-order valence-corrected chi connectivity index (χ3v) is 2.91. The Morgan fingerprint density at radius 1 is 1.42 bits per heavy atom. The zero-order valence-corrected chi connectivity index (χ0v) is 12.2. The lowest BCUT2D eigenvalue weighted by Gasteiger charge is -2.20. The fourth-order valence-electron chi connectivity index (χ4n) is 1.75. The van der Waals surface area contributed by atoms with Crippen LogP contribution in [0.5, 0.6) is 0 Å². The van der Waals surface area contributed by atoms with Gasteiger partial charge < -0.3 is 15.5 Å². The molecular formula is C13H23N5O. The number of carbonyl (C=O) groups excluding carboxylic acids is 1. The highest BCUT2D eigenvalue weighted by atomic mass is 16.1. The third-order valence-electron chi connectivity index (χ3n) is 2.91. The van der Waals surface area contributed by atoms with Crippen LogP contribution in [-0.4, -0.2) is 43.1 Å². The largest absolute Gasteiger partial charge is 0.370 e. The molecule has 6 heteroatoms. The van der Waals surface area contributed by atoms with Crippen LogP contribution in [0.25, 0.3) is 0 Å². The van der Waals surface area contributed by atoms with Gasteiger partial charge in [-0.15, -0.1) is 0 Å². The molecule has 1 aromatic rings. The van der Waals surface area contributed by atoms with Gasteiger partial charge in [-0.2, -0.15) is 0 Å². The van der Waals surface area contributed by atoms with Crippen LogP contribution >= 0.6 is 0 Å². The molecule has 1 heterocycles. The molecule has 1 aromatic heterocycles. The van der Waals surface area contributed by atoms with E-state index in [0.717, 1.165) is 30.2 Å². The van der Waals surface area contributed by atoms with Crippen molar-refractivity contribution in [2.45, 2.75) is 26.7 Å². The zero-order chi connectivity index (χ0) is 14.3. The molecule has 0 aliphatic rings. The van der Waals surface area contributed by atoms with Crippen LogP contribution in [0.4, 0.5) is 11.6 Å². The van der Waals surface area contributed by atoms with E-state index in [1.54, 1.807) is 13.4 Å². The number of hydrogen-bond acceptors (Lipinski definition) is 5. The van der Waals surface area contributed by atoms with E-state index < -0.39 is 0 Å². The third kappa shape index (κ3) is 4.39. The van der Waals surface area contributed by atoms with Crippen molar-refractivity contribution in [3.8, 4) is 0 Å². The highest BCUT2D eigenvalue weighted by molar-refractivity contribution is 5.76. The van der Waals surface area contributed by atoms with Crippen molar-refractivity contribution < 1.29 is 4.79 Å². The Morgan fingerprint density at radius 3 is 2.79 bits per heavy atom. The fourth-order valence-corrected chi connectivity index (χ4v) is 1.75. The number of anilines is 2. The van der Waals surface area contributed by atoms with Gasteiger partial charge in [-0.05, 0) is 13.3 Å². The highest BCUT2D eigenvalue weighted by Gasteiger charge is 2.11. The topological polar surface area (TPSA) is 70.2 Å². The quantitative estimate of drug-likeness (QED) is 0.774. The van der Waals surface area contributed by atoms with Gasteiger partial charge in [0.25, 0.3) is 0 Å². The average Bonchev–Trinajstić information content (AvgIpc) is 2.43. The molecule has 0 spiro atoms. The number of hydrogen-bond donors (Lipinski definition) is 2. The average molecular weight is 265 g/mol. The molecule has 1 amide bonds. The van der Waals surface area contributed by atoms with Crippen LogP contribution in [0.1, 0.15) is 25.3 Å². The summed E-state index contributed by atoms with van der Waals surface area (Å²) in [7, 11) is 3.58. The van der Waals surface area contributed by atoms with E-state index in [-0.39, 0.29) is 5.91 Å². The Kier molecular flexibility index (Phi) is 6.05. The molecular weight excluding hydrogens is 242 g/mol. The van der Waals surface area contributed by atoms with Crippen molar-refractivity contribution in [3.63, 3.8) is 0 Å². The lowest BCUT2D eigenvalue weighted by atomic mass is 10.2. The maximum Gasteiger partial charge on any atom is 0.221 e. The minimum atomic E-state index is 0.0305. The van der Waals surface area contributed by atoms with E-state index in [1.165, 1.54) is 0 Å². The molecule has 0 saturated heterocycles. The summed E-state index contributed by atoms with van der Waals surface area (Å²) in [6.07, 6.45) is 3.05. The predicted octanol–water partition coefficient (Wildman–Crippen LogP) is 1.18. The van der Waals surface area contributed by atoms with Crippen LogP contribution in [0.3, 0.4) is 0 Å². The van der Waals surface area contributed by atoms with E-state index in [4.69, 9.17) is 0 Å². The summed E-state index contributed by atoms with van der Waals surface area (Å²) in [5.74, 6) is 1.75. The van der Waals surface area contributed by atoms with Gasteiger partial charge in [0.05, 0.1) is 0 Å². The minimum Gasteiger partial charge on any atom is -0.370 e. The van der Waals surface area contributed by atoms with Crippen molar-refractivity contribution in [1.29, 1.82) is 0 Å². The number of aromatic nitrogens is 2. The first-order valence-corrected chi connectivity index (χ1v) is 6.57. The van der Waals surface area contributed by atoms with E-state index >= 15 is 0 Å².